The summed E-state index contributed by atoms with van der Waals surface area (Å²) in [4.78, 5) is 2.05. The molecular weight excluding hydrogens is 126 g/mol. The maximum absolute atomic E-state index is 8.34. The molecule has 0 radical (unpaired) electrons. The van der Waals surface area contributed by atoms with Crippen LogP contribution < -0.4 is 5.32 Å². The quantitative estimate of drug-likeness (QED) is 0.456. The van der Waals surface area contributed by atoms with Crippen molar-refractivity contribution in [1.82, 2.24) is 10.2 Å². The van der Waals surface area contributed by atoms with Crippen molar-refractivity contribution < 1.29 is 0 Å². The van der Waals surface area contributed by atoms with Gasteiger partial charge in [0.15, 0.2) is 6.19 Å². The van der Waals surface area contributed by atoms with Crippen molar-refractivity contribution in [3.8, 4) is 6.19 Å². The van der Waals surface area contributed by atoms with E-state index in [1.165, 1.54) is 0 Å². The Hall–Kier alpha value is -0.750. The van der Waals surface area contributed by atoms with Crippen LogP contribution >= 0.6 is 0 Å². The Morgan fingerprint density at radius 3 is 2.30 bits per heavy atom. The fourth-order valence-corrected chi connectivity index (χ4v) is 0.981. The van der Waals surface area contributed by atoms with Gasteiger partial charge in [-0.3, -0.25) is 0 Å². The Balaban J connectivity index is 3.77. The molecule has 0 aliphatic rings. The largest absolute Gasteiger partial charge is 0.317 e. The van der Waals surface area contributed by atoms with Crippen LogP contribution in [0.3, 0.4) is 0 Å². The standard InChI is InChI=1S/C7H15N3/c1-7(2,9-6-8)5-10(3)4/h9H,5H2,1-4H3. The molecule has 3 nitrogen and oxygen atoms in total. The molecule has 0 rings (SSSR count). The third-order valence-electron chi connectivity index (χ3n) is 1.11. The predicted molar refractivity (Wildman–Crippen MR) is 41.4 cm³/mol. The van der Waals surface area contributed by atoms with Gasteiger partial charge in [0.2, 0.25) is 0 Å². The summed E-state index contributed by atoms with van der Waals surface area (Å²) in [6.45, 7) is 4.85. The van der Waals surface area contributed by atoms with Crippen LogP contribution in [0.25, 0.3) is 0 Å². The maximum atomic E-state index is 8.34. The molecule has 0 unspecified atom stereocenters. The summed E-state index contributed by atoms with van der Waals surface area (Å²) in [6, 6.07) is 0. The molecule has 0 atom stereocenters. The summed E-state index contributed by atoms with van der Waals surface area (Å²) in [6.07, 6.45) is 1.94. The van der Waals surface area contributed by atoms with E-state index in [1.54, 1.807) is 0 Å². The summed E-state index contributed by atoms with van der Waals surface area (Å²) >= 11 is 0. The molecule has 0 aromatic carbocycles. The highest BCUT2D eigenvalue weighted by Gasteiger charge is 2.16. The Bertz CT molecular complexity index is 132. The van der Waals surface area contributed by atoms with E-state index in [0.29, 0.717) is 0 Å². The van der Waals surface area contributed by atoms with Gasteiger partial charge in [-0.15, -0.1) is 0 Å². The van der Waals surface area contributed by atoms with E-state index < -0.39 is 0 Å². The smallest absolute Gasteiger partial charge is 0.177 e. The molecule has 0 spiro atoms. The van der Waals surface area contributed by atoms with Gasteiger partial charge in [-0.2, -0.15) is 5.26 Å². The number of hydrogen-bond donors (Lipinski definition) is 1. The van der Waals surface area contributed by atoms with Crippen molar-refractivity contribution in [2.45, 2.75) is 19.4 Å². The number of nitriles is 1. The summed E-state index contributed by atoms with van der Waals surface area (Å²) in [5, 5.41) is 11.1. The second kappa shape index (κ2) is 3.43. The van der Waals surface area contributed by atoms with Crippen molar-refractivity contribution in [1.29, 1.82) is 5.26 Å². The Morgan fingerprint density at radius 1 is 1.50 bits per heavy atom. The monoisotopic (exact) mass is 141 g/mol. The highest BCUT2D eigenvalue weighted by molar-refractivity contribution is 4.86. The zero-order chi connectivity index (χ0) is 8.20. The highest BCUT2D eigenvalue weighted by Crippen LogP contribution is 2.01. The molecule has 0 saturated heterocycles. The Labute approximate surface area is 62.6 Å². The van der Waals surface area contributed by atoms with Gasteiger partial charge in [0.25, 0.3) is 0 Å². The zero-order valence-corrected chi connectivity index (χ0v) is 7.10. The van der Waals surface area contributed by atoms with Crippen molar-refractivity contribution in [2.75, 3.05) is 20.6 Å². The van der Waals surface area contributed by atoms with Crippen LogP contribution in [0.4, 0.5) is 0 Å². The van der Waals surface area contributed by atoms with E-state index in [1.807, 2.05) is 39.0 Å². The first-order chi connectivity index (χ1) is 4.48. The van der Waals surface area contributed by atoms with Crippen LogP contribution in [0, 0.1) is 11.5 Å². The van der Waals surface area contributed by atoms with Gasteiger partial charge in [-0.05, 0) is 27.9 Å². The molecule has 0 heterocycles. The number of rotatable bonds is 3. The molecule has 0 amide bonds. The zero-order valence-electron chi connectivity index (χ0n) is 7.10. The SMILES string of the molecule is CN(C)CC(C)(C)NC#N. The number of hydrogen-bond acceptors (Lipinski definition) is 3. The average molecular weight is 141 g/mol. The number of nitrogens with one attached hydrogen (secondary N) is 1. The molecule has 0 aromatic rings. The van der Waals surface area contributed by atoms with Gasteiger partial charge in [-0.25, -0.2) is 0 Å². The molecule has 0 aromatic heterocycles. The second-order valence-electron chi connectivity index (χ2n) is 3.36. The summed E-state index contributed by atoms with van der Waals surface area (Å²) in [5.41, 5.74) is -0.113. The minimum absolute atomic E-state index is 0.113. The molecular formula is C7H15N3. The Kier molecular flexibility index (Phi) is 3.17. The molecule has 3 heteroatoms. The third-order valence-corrected chi connectivity index (χ3v) is 1.11. The fourth-order valence-electron chi connectivity index (χ4n) is 0.981. The number of likely N-dealkylation sites (N-methyl/N-ethyl adjacent to an activating group) is 1. The first-order valence-corrected chi connectivity index (χ1v) is 3.29. The molecule has 58 valence electrons. The average Bonchev–Trinajstić information content (AvgIpc) is 1.59. The minimum Gasteiger partial charge on any atom is -0.317 e. The summed E-state index contributed by atoms with van der Waals surface area (Å²) < 4.78 is 0. The van der Waals surface area contributed by atoms with Crippen molar-refractivity contribution >= 4 is 0 Å². The number of nitrogens with zero attached hydrogens (tertiary/aromatic N) is 2. The van der Waals surface area contributed by atoms with E-state index in [9.17, 15) is 0 Å². The lowest BCUT2D eigenvalue weighted by atomic mass is 10.1. The minimum atomic E-state index is -0.113. The van der Waals surface area contributed by atoms with Crippen LogP contribution in [0.5, 0.6) is 0 Å². The molecule has 1 N–H and O–H groups in total. The second-order valence-corrected chi connectivity index (χ2v) is 3.36. The Morgan fingerprint density at radius 2 is 2.00 bits per heavy atom. The molecule has 0 fully saturated rings. The first-order valence-electron chi connectivity index (χ1n) is 3.29. The topological polar surface area (TPSA) is 39.1 Å². The molecule has 10 heavy (non-hydrogen) atoms. The third kappa shape index (κ3) is 4.16. The van der Waals surface area contributed by atoms with E-state index in [0.717, 1.165) is 6.54 Å². The van der Waals surface area contributed by atoms with Crippen molar-refractivity contribution in [2.24, 2.45) is 0 Å². The normalized spacial score (nSPS) is 11.2. The van der Waals surface area contributed by atoms with E-state index in [-0.39, 0.29) is 5.54 Å². The van der Waals surface area contributed by atoms with Crippen molar-refractivity contribution in [3.05, 3.63) is 0 Å². The van der Waals surface area contributed by atoms with Crippen LogP contribution in [-0.2, 0) is 0 Å². The lowest BCUT2D eigenvalue weighted by Gasteiger charge is -2.26. The van der Waals surface area contributed by atoms with Crippen LogP contribution in [0.15, 0.2) is 0 Å². The molecule has 0 aliphatic heterocycles. The van der Waals surface area contributed by atoms with Gasteiger partial charge in [0.05, 0.1) is 5.54 Å². The maximum Gasteiger partial charge on any atom is 0.177 e. The first kappa shape index (κ1) is 9.25. The van der Waals surface area contributed by atoms with Gasteiger partial charge in [-0.1, -0.05) is 0 Å². The van der Waals surface area contributed by atoms with Crippen LogP contribution in [0.1, 0.15) is 13.8 Å². The summed E-state index contributed by atoms with van der Waals surface area (Å²) in [5.74, 6) is 0. The molecule has 0 bridgehead atoms. The van der Waals surface area contributed by atoms with E-state index in [4.69, 9.17) is 5.26 Å². The predicted octanol–water partition coefficient (Wildman–Crippen LogP) is 0.397. The fraction of sp³-hybridized carbons (Fsp3) is 0.857. The van der Waals surface area contributed by atoms with Gasteiger partial charge in [0, 0.05) is 6.54 Å². The van der Waals surface area contributed by atoms with E-state index >= 15 is 0 Å². The van der Waals surface area contributed by atoms with Crippen LogP contribution in [0.2, 0.25) is 0 Å². The molecule has 0 aliphatic carbocycles. The lowest BCUT2D eigenvalue weighted by molar-refractivity contribution is 0.292. The lowest BCUT2D eigenvalue weighted by Crippen LogP contribution is -2.44. The van der Waals surface area contributed by atoms with E-state index in [2.05, 4.69) is 5.32 Å². The van der Waals surface area contributed by atoms with Crippen LogP contribution in [-0.4, -0.2) is 31.1 Å². The van der Waals surface area contributed by atoms with Gasteiger partial charge >= 0.3 is 0 Å². The molecule has 0 saturated carbocycles. The summed E-state index contributed by atoms with van der Waals surface area (Å²) in [7, 11) is 3.97. The van der Waals surface area contributed by atoms with Gasteiger partial charge in [0.1, 0.15) is 0 Å². The van der Waals surface area contributed by atoms with Gasteiger partial charge < -0.3 is 10.2 Å². The highest BCUT2D eigenvalue weighted by atomic mass is 15.1. The van der Waals surface area contributed by atoms with Crippen molar-refractivity contribution in [3.63, 3.8) is 0 Å².